The van der Waals surface area contributed by atoms with E-state index in [4.69, 9.17) is 20.9 Å². The number of aliphatic hydroxyl groups is 1. The molecule has 21 nitrogen and oxygen atoms in total. The van der Waals surface area contributed by atoms with Crippen molar-refractivity contribution < 1.29 is 62.8 Å². The Morgan fingerprint density at radius 3 is 1.97 bits per heavy atom. The molecule has 8 amide bonds. The Labute approximate surface area is 546 Å². The van der Waals surface area contributed by atoms with Crippen molar-refractivity contribution in [1.82, 2.24) is 26.6 Å². The minimum atomic E-state index is -1.14. The number of esters is 1. The molecule has 0 saturated heterocycles. The van der Waals surface area contributed by atoms with E-state index in [1.54, 1.807) is 44.2 Å². The summed E-state index contributed by atoms with van der Waals surface area (Å²) in [6.07, 6.45) is 12.0. The van der Waals surface area contributed by atoms with Gasteiger partial charge in [-0.2, -0.15) is 0 Å². The van der Waals surface area contributed by atoms with Crippen LogP contribution in [0.2, 0.25) is 0 Å². The highest BCUT2D eigenvalue weighted by molar-refractivity contribution is 6.01. The highest BCUT2D eigenvalue weighted by atomic mass is 16.5. The number of fused-ring (bicyclic) bond motifs is 6. The zero-order valence-corrected chi connectivity index (χ0v) is 55.1. The first-order valence-electron chi connectivity index (χ1n) is 33.5. The summed E-state index contributed by atoms with van der Waals surface area (Å²) in [5.41, 5.74) is 15.1. The minimum Gasteiger partial charge on any atom is -0.508 e. The molecule has 0 radical (unpaired) electrons. The number of aliphatic hydroxyl groups excluding tert-OH is 1. The fourth-order valence-electron chi connectivity index (χ4n) is 15.6. The highest BCUT2D eigenvalue weighted by Gasteiger charge is 2.58. The minimum absolute atomic E-state index is 0.00879. The Kier molecular flexibility index (Phi) is 24.1. The molecule has 5 aliphatic carbocycles. The van der Waals surface area contributed by atoms with Crippen LogP contribution in [0.4, 0.5) is 10.5 Å². The lowest BCUT2D eigenvalue weighted by atomic mass is 9.49. The topological polar surface area (TPSA) is 337 Å². The summed E-state index contributed by atoms with van der Waals surface area (Å²) in [4.78, 5) is 121. The van der Waals surface area contributed by atoms with Crippen molar-refractivity contribution in [3.63, 3.8) is 0 Å². The molecule has 5 aliphatic rings. The molecular formula is C72H98N8O13. The van der Waals surface area contributed by atoms with E-state index in [1.165, 1.54) is 5.56 Å². The summed E-state index contributed by atoms with van der Waals surface area (Å²) < 4.78 is 11.3. The zero-order valence-electron chi connectivity index (χ0n) is 55.1. The molecule has 0 heterocycles. The molecule has 21 heteroatoms. The number of ether oxygens (including phenoxy) is 2. The Morgan fingerprint density at radius 1 is 0.699 bits per heavy atom. The van der Waals surface area contributed by atoms with Crippen LogP contribution in [0.1, 0.15) is 184 Å². The van der Waals surface area contributed by atoms with Crippen molar-refractivity contribution in [3.05, 3.63) is 94.0 Å². The number of aromatic hydroxyl groups is 1. The maximum atomic E-state index is 14.8. The van der Waals surface area contributed by atoms with Crippen LogP contribution in [-0.4, -0.2) is 114 Å². The van der Waals surface area contributed by atoms with Gasteiger partial charge in [-0.3, -0.25) is 43.7 Å². The van der Waals surface area contributed by atoms with Crippen LogP contribution in [0, 0.1) is 46.3 Å². The van der Waals surface area contributed by atoms with Crippen molar-refractivity contribution in [2.45, 2.75) is 212 Å². The lowest BCUT2D eigenvalue weighted by Gasteiger charge is -2.56. The third-order valence-electron chi connectivity index (χ3n) is 21.0. The highest BCUT2D eigenvalue weighted by Crippen LogP contribution is 2.60. The molecule has 0 aromatic heterocycles. The number of aryl methyl sites for hydroxylation is 2. The third kappa shape index (κ3) is 17.4. The number of carbonyl (C=O) groups is 9. The molecule has 1 unspecified atom stereocenters. The summed E-state index contributed by atoms with van der Waals surface area (Å²) in [5, 5.41) is 37.5. The first kappa shape index (κ1) is 71.2. The molecule has 3 aromatic carbocycles. The number of rotatable bonds is 27. The van der Waals surface area contributed by atoms with Gasteiger partial charge >= 0.3 is 12.0 Å². The number of hydrogen-bond donors (Lipinski definition) is 10. The van der Waals surface area contributed by atoms with Gasteiger partial charge in [-0.1, -0.05) is 103 Å². The Hall–Kier alpha value is -7.67. The summed E-state index contributed by atoms with van der Waals surface area (Å²) >= 11 is 0. The van der Waals surface area contributed by atoms with Crippen molar-refractivity contribution in [3.8, 4) is 17.6 Å². The van der Waals surface area contributed by atoms with E-state index in [0.29, 0.717) is 36.1 Å². The summed E-state index contributed by atoms with van der Waals surface area (Å²) in [6.45, 7) is 11.1. The maximum Gasteiger partial charge on any atom is 0.312 e. The molecule has 3 aromatic rings. The van der Waals surface area contributed by atoms with E-state index < -0.39 is 89.0 Å². The van der Waals surface area contributed by atoms with Crippen LogP contribution in [0.5, 0.6) is 5.75 Å². The first-order chi connectivity index (χ1) is 44.3. The number of phenolic OH excluding ortho intramolecular Hbond substituents is 1. The number of Topliss-reactive ketones (excluding diaryl/α,β-unsaturated/α-hetero) is 1. The third-order valence-corrected chi connectivity index (χ3v) is 21.0. The number of ketones is 1. The van der Waals surface area contributed by atoms with Gasteiger partial charge in [0.1, 0.15) is 31.1 Å². The molecule has 0 bridgehead atoms. The predicted molar refractivity (Wildman–Crippen MR) is 350 cm³/mol. The number of carbonyl (C=O) groups excluding carboxylic acids is 9. The second kappa shape index (κ2) is 31.5. The van der Waals surface area contributed by atoms with Crippen molar-refractivity contribution in [2.24, 2.45) is 46.0 Å². The number of urea groups is 1. The molecule has 2 saturated carbocycles. The van der Waals surface area contributed by atoms with E-state index in [2.05, 4.69) is 57.6 Å². The van der Waals surface area contributed by atoms with E-state index in [9.17, 15) is 53.4 Å². The summed E-state index contributed by atoms with van der Waals surface area (Å²) in [7, 11) is 0. The monoisotopic (exact) mass is 1280 g/mol. The average Bonchev–Trinajstić information content (AvgIpc) is 0.728. The number of hydrogen-bond acceptors (Lipinski definition) is 14. The number of amides is 8. The number of imide groups is 1. The van der Waals surface area contributed by atoms with Gasteiger partial charge in [-0.15, -0.1) is 5.92 Å². The van der Waals surface area contributed by atoms with Crippen LogP contribution in [0.3, 0.4) is 0 Å². The lowest BCUT2D eigenvalue weighted by Crippen LogP contribution is -2.60. The summed E-state index contributed by atoms with van der Waals surface area (Å²) in [5.74, 6) is 0.947. The fourth-order valence-corrected chi connectivity index (χ4v) is 15.6. The van der Waals surface area contributed by atoms with Gasteiger partial charge in [-0.25, -0.2) is 4.79 Å². The molecule has 12 N–H and O–H groups in total. The maximum absolute atomic E-state index is 14.8. The summed E-state index contributed by atoms with van der Waals surface area (Å²) in [6, 6.07) is 14.1. The van der Waals surface area contributed by atoms with Crippen LogP contribution in [-0.2, 0) is 84.5 Å². The number of anilines is 1. The quantitative estimate of drug-likeness (QED) is 0.0162. The van der Waals surface area contributed by atoms with E-state index >= 15 is 0 Å². The Balaban J connectivity index is 0.813. The smallest absolute Gasteiger partial charge is 0.312 e. The van der Waals surface area contributed by atoms with Crippen LogP contribution in [0.15, 0.2) is 60.7 Å². The van der Waals surface area contributed by atoms with Gasteiger partial charge < -0.3 is 57.7 Å². The Bertz CT molecular complexity index is 3310. The van der Waals surface area contributed by atoms with Gasteiger partial charge in [0.2, 0.25) is 35.4 Å². The van der Waals surface area contributed by atoms with Crippen molar-refractivity contribution in [2.75, 3.05) is 31.6 Å². The van der Waals surface area contributed by atoms with Gasteiger partial charge in [0.25, 0.3) is 0 Å². The Morgan fingerprint density at radius 2 is 1.33 bits per heavy atom. The van der Waals surface area contributed by atoms with E-state index in [0.717, 1.165) is 93.7 Å². The second-order valence-corrected chi connectivity index (χ2v) is 27.9. The van der Waals surface area contributed by atoms with Gasteiger partial charge in [0.05, 0.1) is 41.9 Å². The van der Waals surface area contributed by atoms with Crippen LogP contribution >= 0.6 is 0 Å². The number of nitrogens with two attached hydrogens (primary N) is 2. The average molecular weight is 1280 g/mol. The van der Waals surface area contributed by atoms with Crippen LogP contribution < -0.4 is 43.4 Å². The number of phenols is 1. The fraction of sp³-hybridized carbons (Fsp3) is 0.597. The molecule has 0 spiro atoms. The number of nitrogens with one attached hydrogen (secondary N) is 6. The molecule has 11 atom stereocenters. The standard InChI is InChI=1S/C72H98N8O13/c1-44(2)62(79-64(87)55(73)30-36-75-60(84)43-92-52-15-10-8-7-9-11-16-52)65(88)78-56(17-12-35-76-68(74)91)57(83)37-45-18-20-46(21-19-45)42-93-61(85)38-49(41-81)63(86)77-50-26-22-47-24-28-58-69(3,53(47)39-50)31-13-33-71(58,5)66(89)80-67(90)72(6)34-14-32-70(4)54-40-51(82)27-23-48(54)25-29-59(70)72/h18-23,26-27,39-40,44,49,52,55-56,58-59,62,81-82H,7-10,12-15,17,24-25,28-38,41-43,73H2,1-6H3,(H,75,84)(H,77,86)(H,78,88)(H,79,87)(H3,74,76,91)(H,80,89,90)/t49-,52?,55-,56-,58+,59+,62-,69+,70+,71-,72-/m0/s1. The van der Waals surface area contributed by atoms with E-state index in [1.807, 2.05) is 44.2 Å². The largest absolute Gasteiger partial charge is 0.508 e. The molecule has 504 valence electrons. The number of primary amides is 1. The molecule has 2 fully saturated rings. The molecule has 0 aliphatic heterocycles. The lowest BCUT2D eigenvalue weighted by molar-refractivity contribution is -0.150. The molecule has 8 rings (SSSR count). The number of benzene rings is 3. The van der Waals surface area contributed by atoms with E-state index in [-0.39, 0.29) is 105 Å². The molecule has 93 heavy (non-hydrogen) atoms. The van der Waals surface area contributed by atoms with Gasteiger partial charge in [-0.05, 0) is 176 Å². The second-order valence-electron chi connectivity index (χ2n) is 27.9. The SMILES string of the molecule is CC(C)[C@H](NC(=O)[C@@H](N)CCNC(=O)COC1C#CCCCCC1)C(=O)N[C@@H](CCCNC(N)=O)C(=O)Cc1ccc(COC(=O)C[C@@H](CO)C(=O)Nc2ccc3c(c2)[C@@]2(C)CCC[C@](C)(C(=O)NC(=O)[C@@]4(C)CCC[C@]5(C)c6cc(O)ccc6CC[C@@H]45)[C@@H]2CC3)cc1. The predicted octanol–water partition coefficient (Wildman–Crippen LogP) is 6.81. The van der Waals surface area contributed by atoms with Gasteiger partial charge in [0.15, 0.2) is 5.78 Å². The van der Waals surface area contributed by atoms with Crippen LogP contribution in [0.25, 0.3) is 0 Å². The zero-order chi connectivity index (χ0) is 67.3. The van der Waals surface area contributed by atoms with Gasteiger partial charge in [0, 0.05) is 31.6 Å². The van der Waals surface area contributed by atoms with Crippen molar-refractivity contribution >= 4 is 58.9 Å². The normalized spacial score (nSPS) is 25.1. The van der Waals surface area contributed by atoms with Crippen molar-refractivity contribution in [1.29, 1.82) is 0 Å². The first-order valence-corrected chi connectivity index (χ1v) is 33.5. The molecular weight excluding hydrogens is 1180 g/mol.